The van der Waals surface area contributed by atoms with Crippen molar-refractivity contribution in [2.24, 2.45) is 0 Å². The molecule has 66 heavy (non-hydrogen) atoms. The summed E-state index contributed by atoms with van der Waals surface area (Å²) in [6, 6.07) is -0.742. The molecule has 4 N–H and O–H groups in total. The fraction of sp³-hybridized carbons (Fsp3) is 0.918. The van der Waals surface area contributed by atoms with Gasteiger partial charge in [-0.1, -0.05) is 308 Å². The Morgan fingerprint density at radius 3 is 0.924 bits per heavy atom. The van der Waals surface area contributed by atoms with Gasteiger partial charge in [-0.2, -0.15) is 0 Å². The lowest BCUT2D eigenvalue weighted by Crippen LogP contribution is -2.45. The van der Waals surface area contributed by atoms with E-state index in [1.165, 1.54) is 283 Å². The lowest BCUT2D eigenvalue weighted by molar-refractivity contribution is -0.124. The molecule has 0 fully saturated rings. The highest BCUT2D eigenvalue weighted by Gasteiger charge is 2.20. The molecule has 0 aliphatic heterocycles. The van der Waals surface area contributed by atoms with Gasteiger partial charge in [0.05, 0.1) is 31.3 Å². The third-order valence-corrected chi connectivity index (χ3v) is 14.2. The van der Waals surface area contributed by atoms with Crippen molar-refractivity contribution in [2.45, 2.75) is 353 Å². The zero-order chi connectivity index (χ0) is 47.9. The van der Waals surface area contributed by atoms with Gasteiger partial charge < -0.3 is 20.6 Å². The Morgan fingerprint density at radius 2 is 0.636 bits per heavy atom. The first kappa shape index (κ1) is 64.8. The Hall–Kier alpha value is -1.17. The van der Waals surface area contributed by atoms with Crippen molar-refractivity contribution < 1.29 is 20.1 Å². The van der Waals surface area contributed by atoms with Crippen molar-refractivity contribution >= 4 is 5.91 Å². The van der Waals surface area contributed by atoms with Crippen molar-refractivity contribution in [3.05, 3.63) is 24.3 Å². The van der Waals surface area contributed by atoms with E-state index in [0.717, 1.165) is 25.7 Å². The van der Waals surface area contributed by atoms with Crippen LogP contribution in [-0.4, -0.2) is 46.1 Å². The summed E-state index contributed by atoms with van der Waals surface area (Å²) in [5.41, 5.74) is 0. The molecule has 0 aromatic carbocycles. The predicted octanol–water partition coefficient (Wildman–Crippen LogP) is 18.8. The Morgan fingerprint density at radius 1 is 0.379 bits per heavy atom. The summed E-state index contributed by atoms with van der Waals surface area (Å²) in [4.78, 5) is 12.5. The lowest BCUT2D eigenvalue weighted by atomic mass is 10.0. The molecule has 5 heteroatoms. The number of carbonyl (C=O) groups excluding carboxylic acids is 1. The molecule has 0 bridgehead atoms. The van der Waals surface area contributed by atoms with E-state index in [1.807, 2.05) is 6.08 Å². The molecule has 1 amide bonds. The van der Waals surface area contributed by atoms with E-state index < -0.39 is 18.2 Å². The number of unbranched alkanes of at least 4 members (excludes halogenated alkanes) is 45. The maximum absolute atomic E-state index is 12.5. The summed E-state index contributed by atoms with van der Waals surface area (Å²) in [6.07, 6.45) is 72.5. The van der Waals surface area contributed by atoms with Crippen LogP contribution in [0.25, 0.3) is 0 Å². The SMILES string of the molecule is CCCCCCCCCCCCCCCC/C=C/C(O)C(CO)NC(=O)CC(O)CCCCCCCCCCCCCCCCC/C=C\CCCCCCCCCCCCCCCCCC. The van der Waals surface area contributed by atoms with Gasteiger partial charge >= 0.3 is 0 Å². The molecular weight excluding hydrogens is 811 g/mol. The molecule has 0 rings (SSSR count). The van der Waals surface area contributed by atoms with Gasteiger partial charge in [-0.05, 0) is 44.9 Å². The van der Waals surface area contributed by atoms with Gasteiger partial charge in [-0.25, -0.2) is 0 Å². The number of hydrogen-bond donors (Lipinski definition) is 4. The molecule has 3 atom stereocenters. The number of nitrogens with one attached hydrogen (secondary N) is 1. The number of carbonyl (C=O) groups is 1. The normalized spacial score (nSPS) is 13.3. The number of hydrogen-bond acceptors (Lipinski definition) is 4. The molecule has 0 heterocycles. The first-order chi connectivity index (χ1) is 32.5. The van der Waals surface area contributed by atoms with Crippen LogP contribution in [0.2, 0.25) is 0 Å². The smallest absolute Gasteiger partial charge is 0.222 e. The highest BCUT2D eigenvalue weighted by atomic mass is 16.3. The average molecular weight is 931 g/mol. The van der Waals surface area contributed by atoms with Gasteiger partial charge in [-0.15, -0.1) is 0 Å². The third-order valence-electron chi connectivity index (χ3n) is 14.2. The van der Waals surface area contributed by atoms with Crippen LogP contribution in [0.1, 0.15) is 335 Å². The average Bonchev–Trinajstić information content (AvgIpc) is 3.31. The molecule has 392 valence electrons. The summed E-state index contributed by atoms with van der Waals surface area (Å²) >= 11 is 0. The van der Waals surface area contributed by atoms with Gasteiger partial charge in [-0.3, -0.25) is 4.79 Å². The molecule has 0 aliphatic carbocycles. The summed E-state index contributed by atoms with van der Waals surface area (Å²) in [6.45, 7) is 4.25. The number of amides is 1. The molecule has 0 saturated carbocycles. The quantitative estimate of drug-likeness (QED) is 0.0361. The first-order valence-electron chi connectivity index (χ1n) is 30.1. The monoisotopic (exact) mass is 930 g/mol. The molecule has 0 saturated heterocycles. The predicted molar refractivity (Wildman–Crippen MR) is 292 cm³/mol. The maximum Gasteiger partial charge on any atom is 0.222 e. The van der Waals surface area contributed by atoms with Crippen LogP contribution >= 0.6 is 0 Å². The zero-order valence-electron chi connectivity index (χ0n) is 44.9. The standard InChI is InChI=1S/C61H119NO4/c1-3-5-7-9-11-13-15-17-19-21-22-23-24-25-26-27-28-29-30-31-32-33-34-35-36-37-38-39-40-42-44-46-48-50-52-54-58(64)56-61(66)62-59(57-63)60(65)55-53-51-49-47-45-43-41-20-18-16-14-12-10-8-6-4-2/h29-30,53,55,58-60,63-65H,3-28,31-52,54,56-57H2,1-2H3,(H,62,66)/b30-29-,55-53+. The van der Waals surface area contributed by atoms with Gasteiger partial charge in [0.1, 0.15) is 0 Å². The van der Waals surface area contributed by atoms with Crippen LogP contribution in [0.3, 0.4) is 0 Å². The molecule has 0 aromatic rings. The van der Waals surface area contributed by atoms with Gasteiger partial charge in [0.15, 0.2) is 0 Å². The van der Waals surface area contributed by atoms with Crippen molar-refractivity contribution in [1.29, 1.82) is 0 Å². The summed E-state index contributed by atoms with van der Waals surface area (Å²) < 4.78 is 0. The molecule has 0 radical (unpaired) electrons. The Kier molecular flexibility index (Phi) is 55.4. The number of aliphatic hydroxyl groups is 3. The highest BCUT2D eigenvalue weighted by Crippen LogP contribution is 2.18. The molecule has 0 spiro atoms. The van der Waals surface area contributed by atoms with Crippen LogP contribution in [0.15, 0.2) is 24.3 Å². The molecule has 5 nitrogen and oxygen atoms in total. The van der Waals surface area contributed by atoms with E-state index in [9.17, 15) is 20.1 Å². The third kappa shape index (κ3) is 52.2. The van der Waals surface area contributed by atoms with Gasteiger partial charge in [0.25, 0.3) is 0 Å². The highest BCUT2D eigenvalue weighted by molar-refractivity contribution is 5.76. The first-order valence-corrected chi connectivity index (χ1v) is 30.1. The molecule has 3 unspecified atom stereocenters. The minimum atomic E-state index is -0.927. The van der Waals surface area contributed by atoms with E-state index in [-0.39, 0.29) is 18.9 Å². The number of allylic oxidation sites excluding steroid dienone is 3. The number of rotatable bonds is 56. The number of aliphatic hydroxyl groups excluding tert-OH is 3. The molecule has 0 aliphatic rings. The van der Waals surface area contributed by atoms with Crippen LogP contribution in [0.5, 0.6) is 0 Å². The Bertz CT molecular complexity index is 982. The van der Waals surface area contributed by atoms with Crippen LogP contribution in [-0.2, 0) is 4.79 Å². The molecular formula is C61H119NO4. The second-order valence-electron chi connectivity index (χ2n) is 21.0. The minimum Gasteiger partial charge on any atom is -0.394 e. The maximum atomic E-state index is 12.5. The van der Waals surface area contributed by atoms with E-state index in [0.29, 0.717) is 6.42 Å². The second-order valence-corrected chi connectivity index (χ2v) is 21.0. The van der Waals surface area contributed by atoms with Crippen LogP contribution in [0.4, 0.5) is 0 Å². The van der Waals surface area contributed by atoms with Crippen LogP contribution < -0.4 is 5.32 Å². The largest absolute Gasteiger partial charge is 0.394 e. The van der Waals surface area contributed by atoms with Gasteiger partial charge in [0.2, 0.25) is 5.91 Å². The lowest BCUT2D eigenvalue weighted by Gasteiger charge is -2.21. The summed E-state index contributed by atoms with van der Waals surface area (Å²) in [5.74, 6) is -0.310. The molecule has 0 aromatic heterocycles. The van der Waals surface area contributed by atoms with E-state index in [4.69, 9.17) is 0 Å². The van der Waals surface area contributed by atoms with E-state index in [2.05, 4.69) is 31.3 Å². The second kappa shape index (κ2) is 56.4. The van der Waals surface area contributed by atoms with Crippen molar-refractivity contribution in [2.75, 3.05) is 6.61 Å². The Balaban J connectivity index is 3.47. The summed E-state index contributed by atoms with van der Waals surface area (Å²) in [5, 5.41) is 33.4. The topological polar surface area (TPSA) is 89.8 Å². The zero-order valence-corrected chi connectivity index (χ0v) is 44.9. The fourth-order valence-corrected chi connectivity index (χ4v) is 9.63. The van der Waals surface area contributed by atoms with E-state index in [1.54, 1.807) is 6.08 Å². The van der Waals surface area contributed by atoms with Crippen LogP contribution in [0, 0.1) is 0 Å². The fourth-order valence-electron chi connectivity index (χ4n) is 9.63. The van der Waals surface area contributed by atoms with Crippen molar-refractivity contribution in [3.8, 4) is 0 Å². The Labute approximate surface area is 413 Å². The minimum absolute atomic E-state index is 0.0171. The van der Waals surface area contributed by atoms with Crippen molar-refractivity contribution in [3.63, 3.8) is 0 Å². The van der Waals surface area contributed by atoms with Crippen molar-refractivity contribution in [1.82, 2.24) is 5.32 Å². The van der Waals surface area contributed by atoms with E-state index >= 15 is 0 Å². The van der Waals surface area contributed by atoms with Gasteiger partial charge in [0, 0.05) is 0 Å². The summed E-state index contributed by atoms with van der Waals surface area (Å²) in [7, 11) is 0.